The van der Waals surface area contributed by atoms with Crippen LogP contribution in [0.15, 0.2) is 41.8 Å². The van der Waals surface area contributed by atoms with Crippen LogP contribution in [0.4, 0.5) is 5.69 Å². The van der Waals surface area contributed by atoms with Gasteiger partial charge in [0.25, 0.3) is 0 Å². The summed E-state index contributed by atoms with van der Waals surface area (Å²) in [6.45, 7) is 10.7. The summed E-state index contributed by atoms with van der Waals surface area (Å²) in [6.07, 6.45) is 0. The lowest BCUT2D eigenvalue weighted by Gasteiger charge is -2.22. The highest BCUT2D eigenvalue weighted by Crippen LogP contribution is 2.20. The minimum atomic E-state index is 0.700. The zero-order chi connectivity index (χ0) is 15.1. The maximum Gasteiger partial charge on any atom is 0.0522 e. The van der Waals surface area contributed by atoms with Gasteiger partial charge in [-0.2, -0.15) is 0 Å². The number of thiophene rings is 1. The molecule has 21 heavy (non-hydrogen) atoms. The first-order valence-electron chi connectivity index (χ1n) is 7.76. The van der Waals surface area contributed by atoms with Crippen LogP contribution in [-0.4, -0.2) is 13.1 Å². The van der Waals surface area contributed by atoms with Crippen molar-refractivity contribution < 1.29 is 0 Å². The summed E-state index contributed by atoms with van der Waals surface area (Å²) in [5.41, 5.74) is 2.66. The van der Waals surface area contributed by atoms with E-state index in [1.165, 1.54) is 16.1 Å². The van der Waals surface area contributed by atoms with Crippen LogP contribution >= 0.6 is 11.3 Å². The Bertz CT molecular complexity index is 503. The van der Waals surface area contributed by atoms with Crippen LogP contribution in [0.25, 0.3) is 0 Å². The van der Waals surface area contributed by atoms with Crippen LogP contribution in [0, 0.1) is 5.92 Å². The van der Waals surface area contributed by atoms with Crippen LogP contribution in [-0.2, 0) is 13.1 Å². The van der Waals surface area contributed by atoms with E-state index in [2.05, 4.69) is 72.8 Å². The van der Waals surface area contributed by atoms with Crippen molar-refractivity contribution in [3.63, 3.8) is 0 Å². The average Bonchev–Trinajstić information content (AvgIpc) is 2.98. The van der Waals surface area contributed by atoms with Gasteiger partial charge in [0.05, 0.1) is 6.54 Å². The first-order chi connectivity index (χ1) is 10.2. The maximum atomic E-state index is 3.49. The largest absolute Gasteiger partial charge is 0.367 e. The van der Waals surface area contributed by atoms with Crippen LogP contribution in [0.5, 0.6) is 0 Å². The van der Waals surface area contributed by atoms with Crippen molar-refractivity contribution in [1.82, 2.24) is 5.32 Å². The molecule has 1 aromatic carbocycles. The molecule has 1 aromatic heterocycles. The molecule has 0 saturated heterocycles. The minimum absolute atomic E-state index is 0.700. The molecule has 0 unspecified atom stereocenters. The molecule has 0 amide bonds. The van der Waals surface area contributed by atoms with E-state index >= 15 is 0 Å². The van der Waals surface area contributed by atoms with Gasteiger partial charge in [-0.05, 0) is 48.5 Å². The third kappa shape index (κ3) is 5.18. The van der Waals surface area contributed by atoms with Gasteiger partial charge in [0, 0.05) is 23.7 Å². The zero-order valence-electron chi connectivity index (χ0n) is 13.3. The Hall–Kier alpha value is -1.32. The molecule has 0 saturated carbocycles. The Balaban J connectivity index is 1.93. The fraction of sp³-hybridized carbons (Fsp3) is 0.444. The van der Waals surface area contributed by atoms with Crippen LogP contribution in [0.2, 0.25) is 0 Å². The molecule has 0 atom stereocenters. The lowest BCUT2D eigenvalue weighted by molar-refractivity contribution is 0.552. The third-order valence-corrected chi connectivity index (χ3v) is 4.35. The first kappa shape index (κ1) is 16.1. The van der Waals surface area contributed by atoms with Gasteiger partial charge in [0.15, 0.2) is 0 Å². The summed E-state index contributed by atoms with van der Waals surface area (Å²) in [5, 5.41) is 5.63. The predicted octanol–water partition coefficient (Wildman–Crippen LogP) is 4.52. The number of hydrogen-bond acceptors (Lipinski definition) is 3. The summed E-state index contributed by atoms with van der Waals surface area (Å²) < 4.78 is 0. The Morgan fingerprint density at radius 2 is 1.90 bits per heavy atom. The molecular formula is C18H26N2S. The molecule has 0 aliphatic heterocycles. The van der Waals surface area contributed by atoms with Crippen molar-refractivity contribution in [2.24, 2.45) is 5.92 Å². The van der Waals surface area contributed by atoms with Gasteiger partial charge in [0.2, 0.25) is 0 Å². The summed E-state index contributed by atoms with van der Waals surface area (Å²) in [6, 6.07) is 13.3. The second-order valence-corrected chi connectivity index (χ2v) is 6.82. The molecule has 2 aromatic rings. The van der Waals surface area contributed by atoms with Gasteiger partial charge in [-0.1, -0.05) is 32.0 Å². The third-order valence-electron chi connectivity index (χ3n) is 3.49. The first-order valence-corrected chi connectivity index (χ1v) is 8.64. The molecule has 1 N–H and O–H groups in total. The van der Waals surface area contributed by atoms with Gasteiger partial charge in [0.1, 0.15) is 0 Å². The molecule has 3 heteroatoms. The lowest BCUT2D eigenvalue weighted by atomic mass is 10.1. The Kier molecular flexibility index (Phi) is 6.27. The van der Waals surface area contributed by atoms with E-state index in [-0.39, 0.29) is 0 Å². The lowest BCUT2D eigenvalue weighted by Crippen LogP contribution is -2.21. The van der Waals surface area contributed by atoms with Gasteiger partial charge >= 0.3 is 0 Å². The standard InChI is InChI=1S/C18H26N2S/c1-4-20(14-18-6-5-11-21-18)17-9-7-16(8-10-17)13-19-12-15(2)3/h5-11,15,19H,4,12-14H2,1-3H3. The van der Waals surface area contributed by atoms with Crippen molar-refractivity contribution in [2.45, 2.75) is 33.9 Å². The van der Waals surface area contributed by atoms with Crippen molar-refractivity contribution in [3.05, 3.63) is 52.2 Å². The second-order valence-electron chi connectivity index (χ2n) is 5.78. The molecule has 0 bridgehead atoms. The van der Waals surface area contributed by atoms with Gasteiger partial charge in [-0.25, -0.2) is 0 Å². The number of benzene rings is 1. The smallest absolute Gasteiger partial charge is 0.0522 e. The number of nitrogens with one attached hydrogen (secondary N) is 1. The Morgan fingerprint density at radius 3 is 2.48 bits per heavy atom. The van der Waals surface area contributed by atoms with Crippen LogP contribution in [0.1, 0.15) is 31.2 Å². The molecule has 0 aliphatic rings. The molecule has 0 aliphatic carbocycles. The normalized spacial score (nSPS) is 11.0. The van der Waals surface area contributed by atoms with E-state index in [0.717, 1.165) is 26.2 Å². The fourth-order valence-corrected chi connectivity index (χ4v) is 3.03. The highest BCUT2D eigenvalue weighted by atomic mass is 32.1. The average molecular weight is 302 g/mol. The molecule has 1 heterocycles. The molecular weight excluding hydrogens is 276 g/mol. The number of hydrogen-bond donors (Lipinski definition) is 1. The number of anilines is 1. The summed E-state index contributed by atoms with van der Waals surface area (Å²) >= 11 is 1.83. The Morgan fingerprint density at radius 1 is 1.14 bits per heavy atom. The van der Waals surface area contributed by atoms with E-state index in [1.54, 1.807) is 0 Å². The number of nitrogens with zero attached hydrogens (tertiary/aromatic N) is 1. The van der Waals surface area contributed by atoms with Crippen molar-refractivity contribution in [1.29, 1.82) is 0 Å². The summed E-state index contributed by atoms with van der Waals surface area (Å²) in [4.78, 5) is 3.83. The zero-order valence-corrected chi connectivity index (χ0v) is 14.1. The molecule has 0 radical (unpaired) electrons. The van der Waals surface area contributed by atoms with E-state index < -0.39 is 0 Å². The van der Waals surface area contributed by atoms with Crippen LogP contribution in [0.3, 0.4) is 0 Å². The number of rotatable bonds is 8. The minimum Gasteiger partial charge on any atom is -0.367 e. The topological polar surface area (TPSA) is 15.3 Å². The van der Waals surface area contributed by atoms with Gasteiger partial charge < -0.3 is 10.2 Å². The second kappa shape index (κ2) is 8.20. The van der Waals surface area contributed by atoms with E-state index in [0.29, 0.717) is 5.92 Å². The Labute approximate surface area is 132 Å². The van der Waals surface area contributed by atoms with E-state index in [4.69, 9.17) is 0 Å². The van der Waals surface area contributed by atoms with Crippen molar-refractivity contribution in [2.75, 3.05) is 18.0 Å². The van der Waals surface area contributed by atoms with E-state index in [9.17, 15) is 0 Å². The maximum absolute atomic E-state index is 3.49. The van der Waals surface area contributed by atoms with Crippen molar-refractivity contribution in [3.8, 4) is 0 Å². The SMILES string of the molecule is CCN(Cc1cccs1)c1ccc(CNCC(C)C)cc1. The van der Waals surface area contributed by atoms with Gasteiger partial charge in [-0.3, -0.25) is 0 Å². The summed E-state index contributed by atoms with van der Waals surface area (Å²) in [5.74, 6) is 0.700. The van der Waals surface area contributed by atoms with Crippen molar-refractivity contribution >= 4 is 17.0 Å². The quantitative estimate of drug-likeness (QED) is 0.771. The molecule has 0 spiro atoms. The molecule has 2 rings (SSSR count). The fourth-order valence-electron chi connectivity index (χ4n) is 2.31. The van der Waals surface area contributed by atoms with E-state index in [1.807, 2.05) is 11.3 Å². The summed E-state index contributed by atoms with van der Waals surface area (Å²) in [7, 11) is 0. The highest BCUT2D eigenvalue weighted by Gasteiger charge is 2.06. The predicted molar refractivity (Wildman–Crippen MR) is 94.0 cm³/mol. The highest BCUT2D eigenvalue weighted by molar-refractivity contribution is 7.09. The van der Waals surface area contributed by atoms with Gasteiger partial charge in [-0.15, -0.1) is 11.3 Å². The monoisotopic (exact) mass is 302 g/mol. The molecule has 2 nitrogen and oxygen atoms in total. The molecule has 0 fully saturated rings. The molecule has 114 valence electrons. The van der Waals surface area contributed by atoms with Crippen LogP contribution < -0.4 is 10.2 Å².